The monoisotopic (exact) mass is 238 g/mol. The molecule has 0 radical (unpaired) electrons. The van der Waals surface area contributed by atoms with Crippen LogP contribution in [0.2, 0.25) is 0 Å². The Morgan fingerprint density at radius 3 is 2.94 bits per heavy atom. The van der Waals surface area contributed by atoms with Crippen molar-refractivity contribution in [3.63, 3.8) is 0 Å². The number of carbonyl (C=O) groups is 1. The van der Waals surface area contributed by atoms with Crippen LogP contribution in [-0.4, -0.2) is 67.6 Å². The molecule has 0 aliphatic carbocycles. The van der Waals surface area contributed by atoms with Crippen LogP contribution in [0.25, 0.3) is 0 Å². The van der Waals surface area contributed by atoms with E-state index in [1.165, 1.54) is 0 Å². The van der Waals surface area contributed by atoms with Crippen molar-refractivity contribution in [3.05, 3.63) is 0 Å². The first-order chi connectivity index (χ1) is 8.10. The number of hydrogen-bond donors (Lipinski definition) is 2. The molecule has 0 aromatic rings. The normalized spacial score (nSPS) is 24.0. The fourth-order valence-electron chi connectivity index (χ4n) is 2.18. The molecule has 3 N–H and O–H groups in total. The number of carbonyl (C=O) groups excluding carboxylic acids is 1. The molecule has 2 atom stereocenters. The topological polar surface area (TPSA) is 61.6 Å². The molecule has 17 heavy (non-hydrogen) atoms. The van der Waals surface area contributed by atoms with E-state index in [4.69, 9.17) is 12.2 Å². The third-order valence-electron chi connectivity index (χ3n) is 3.25. The maximum Gasteiger partial charge on any atom is 0.237 e. The third-order valence-corrected chi connectivity index (χ3v) is 3.25. The largest absolute Gasteiger partial charge is 0.344 e. The van der Waals surface area contributed by atoms with Crippen molar-refractivity contribution < 1.29 is 4.79 Å². The van der Waals surface area contributed by atoms with Gasteiger partial charge >= 0.3 is 0 Å². The minimum absolute atomic E-state index is 0.0223. The maximum absolute atomic E-state index is 11.8. The van der Waals surface area contributed by atoms with Gasteiger partial charge in [0, 0.05) is 32.2 Å². The quantitative estimate of drug-likeness (QED) is 0.598. The first-order valence-corrected chi connectivity index (χ1v) is 5.95. The molecular weight excluding hydrogens is 216 g/mol. The standard InChI is InChI=1S/C12H22N4O/c1-4-5-14-12(17)10(2)16-7-6-15(3)9-11(16)8-13/h1,10-11H,5-9,13H2,2-3H3,(H,14,17). The van der Waals surface area contributed by atoms with Gasteiger partial charge in [-0.25, -0.2) is 0 Å². The first kappa shape index (κ1) is 14.0. The van der Waals surface area contributed by atoms with Gasteiger partial charge in [-0.3, -0.25) is 9.69 Å². The summed E-state index contributed by atoms with van der Waals surface area (Å²) in [5.41, 5.74) is 5.76. The Morgan fingerprint density at radius 2 is 2.35 bits per heavy atom. The zero-order valence-electron chi connectivity index (χ0n) is 10.6. The van der Waals surface area contributed by atoms with Crippen LogP contribution in [0.5, 0.6) is 0 Å². The highest BCUT2D eigenvalue weighted by Gasteiger charge is 2.30. The molecule has 1 saturated heterocycles. The van der Waals surface area contributed by atoms with Gasteiger partial charge in [-0.05, 0) is 14.0 Å². The molecule has 1 amide bonds. The molecule has 0 aromatic carbocycles. The van der Waals surface area contributed by atoms with Crippen molar-refractivity contribution in [2.24, 2.45) is 5.73 Å². The summed E-state index contributed by atoms with van der Waals surface area (Å²) >= 11 is 0. The van der Waals surface area contributed by atoms with Crippen LogP contribution < -0.4 is 11.1 Å². The molecule has 2 unspecified atom stereocenters. The van der Waals surface area contributed by atoms with Crippen LogP contribution in [-0.2, 0) is 4.79 Å². The third kappa shape index (κ3) is 3.70. The Balaban J connectivity index is 2.57. The van der Waals surface area contributed by atoms with Gasteiger partial charge in [0.05, 0.1) is 12.6 Å². The molecular formula is C12H22N4O. The summed E-state index contributed by atoms with van der Waals surface area (Å²) in [4.78, 5) is 16.2. The number of nitrogens with two attached hydrogens (primary N) is 1. The van der Waals surface area contributed by atoms with Crippen LogP contribution in [0.1, 0.15) is 6.92 Å². The van der Waals surface area contributed by atoms with E-state index < -0.39 is 0 Å². The summed E-state index contributed by atoms with van der Waals surface area (Å²) < 4.78 is 0. The van der Waals surface area contributed by atoms with Crippen LogP contribution in [0.4, 0.5) is 0 Å². The summed E-state index contributed by atoms with van der Waals surface area (Å²) in [6.07, 6.45) is 5.12. The number of amides is 1. The summed E-state index contributed by atoms with van der Waals surface area (Å²) in [5, 5.41) is 2.71. The van der Waals surface area contributed by atoms with E-state index in [0.717, 1.165) is 19.6 Å². The summed E-state index contributed by atoms with van der Waals surface area (Å²) in [5.74, 6) is 2.38. The minimum Gasteiger partial charge on any atom is -0.344 e. The molecule has 0 spiro atoms. The molecule has 1 heterocycles. The van der Waals surface area contributed by atoms with Crippen molar-refractivity contribution in [1.82, 2.24) is 15.1 Å². The number of terminal acetylenes is 1. The Morgan fingerprint density at radius 1 is 1.65 bits per heavy atom. The Kier molecular flexibility index (Phi) is 5.42. The summed E-state index contributed by atoms with van der Waals surface area (Å²) in [6.45, 7) is 5.48. The van der Waals surface area contributed by atoms with Gasteiger partial charge in [0.15, 0.2) is 0 Å². The number of likely N-dealkylation sites (N-methyl/N-ethyl adjacent to an activating group) is 1. The van der Waals surface area contributed by atoms with Gasteiger partial charge in [0.2, 0.25) is 5.91 Å². The lowest BCUT2D eigenvalue weighted by molar-refractivity contribution is -0.127. The Hall–Kier alpha value is -1.09. The highest BCUT2D eigenvalue weighted by Crippen LogP contribution is 2.11. The van der Waals surface area contributed by atoms with Gasteiger partial charge in [0.1, 0.15) is 0 Å². The molecule has 1 fully saturated rings. The lowest BCUT2D eigenvalue weighted by atomic mass is 10.1. The predicted molar refractivity (Wildman–Crippen MR) is 68.4 cm³/mol. The number of hydrogen-bond acceptors (Lipinski definition) is 4. The van der Waals surface area contributed by atoms with Crippen molar-refractivity contribution in [1.29, 1.82) is 0 Å². The van der Waals surface area contributed by atoms with Crippen LogP contribution >= 0.6 is 0 Å². The van der Waals surface area contributed by atoms with Crippen LogP contribution in [0.3, 0.4) is 0 Å². The van der Waals surface area contributed by atoms with Crippen LogP contribution in [0.15, 0.2) is 0 Å². The second-order valence-electron chi connectivity index (χ2n) is 4.49. The molecule has 1 aliphatic heterocycles. The highest BCUT2D eigenvalue weighted by molar-refractivity contribution is 5.81. The van der Waals surface area contributed by atoms with E-state index in [2.05, 4.69) is 28.1 Å². The number of nitrogens with zero attached hydrogens (tertiary/aromatic N) is 2. The fraction of sp³-hybridized carbons (Fsp3) is 0.750. The number of piperazine rings is 1. The molecule has 96 valence electrons. The molecule has 1 aliphatic rings. The molecule has 0 bridgehead atoms. The fourth-order valence-corrected chi connectivity index (χ4v) is 2.18. The van der Waals surface area contributed by atoms with E-state index in [0.29, 0.717) is 6.54 Å². The van der Waals surface area contributed by atoms with Crippen molar-refractivity contribution in [2.75, 3.05) is 39.8 Å². The maximum atomic E-state index is 11.8. The number of nitrogens with one attached hydrogen (secondary N) is 1. The summed E-state index contributed by atoms with van der Waals surface area (Å²) in [7, 11) is 2.07. The van der Waals surface area contributed by atoms with Crippen molar-refractivity contribution in [2.45, 2.75) is 19.0 Å². The van der Waals surface area contributed by atoms with Gasteiger partial charge in [-0.15, -0.1) is 6.42 Å². The van der Waals surface area contributed by atoms with Gasteiger partial charge in [-0.2, -0.15) is 0 Å². The lowest BCUT2D eigenvalue weighted by Gasteiger charge is -2.42. The van der Waals surface area contributed by atoms with Gasteiger partial charge in [-0.1, -0.05) is 5.92 Å². The second-order valence-corrected chi connectivity index (χ2v) is 4.49. The van der Waals surface area contributed by atoms with Gasteiger partial charge in [0.25, 0.3) is 0 Å². The molecule has 5 nitrogen and oxygen atoms in total. The molecule has 5 heteroatoms. The van der Waals surface area contributed by atoms with Crippen molar-refractivity contribution in [3.8, 4) is 12.3 Å². The van der Waals surface area contributed by atoms with E-state index in [9.17, 15) is 4.79 Å². The SMILES string of the molecule is C#CCNC(=O)C(C)N1CCN(C)CC1CN. The summed E-state index contributed by atoms with van der Waals surface area (Å²) in [6, 6.07) is 0.0611. The number of rotatable bonds is 4. The molecule has 0 aromatic heterocycles. The lowest BCUT2D eigenvalue weighted by Crippen LogP contribution is -2.60. The zero-order chi connectivity index (χ0) is 12.8. The Bertz CT molecular complexity index is 299. The predicted octanol–water partition coefficient (Wildman–Crippen LogP) is -1.30. The average Bonchev–Trinajstić information content (AvgIpc) is 2.34. The van der Waals surface area contributed by atoms with E-state index in [-0.39, 0.29) is 24.5 Å². The first-order valence-electron chi connectivity index (χ1n) is 5.95. The minimum atomic E-state index is -0.175. The van der Waals surface area contributed by atoms with E-state index >= 15 is 0 Å². The molecule has 0 saturated carbocycles. The zero-order valence-corrected chi connectivity index (χ0v) is 10.6. The average molecular weight is 238 g/mol. The molecule has 1 rings (SSSR count). The van der Waals surface area contributed by atoms with Crippen molar-refractivity contribution >= 4 is 5.91 Å². The highest BCUT2D eigenvalue weighted by atomic mass is 16.2. The Labute approximate surface area is 103 Å². The van der Waals surface area contributed by atoms with E-state index in [1.807, 2.05) is 6.92 Å². The smallest absolute Gasteiger partial charge is 0.237 e. The second kappa shape index (κ2) is 6.60. The van der Waals surface area contributed by atoms with Gasteiger partial charge < -0.3 is 16.0 Å². The van der Waals surface area contributed by atoms with E-state index in [1.54, 1.807) is 0 Å². The van der Waals surface area contributed by atoms with Crippen LogP contribution in [0, 0.1) is 12.3 Å².